The van der Waals surface area contributed by atoms with E-state index in [0.29, 0.717) is 17.5 Å². The molecular weight excluding hydrogens is 256 g/mol. The summed E-state index contributed by atoms with van der Waals surface area (Å²) in [6, 6.07) is 10.3. The zero-order valence-corrected chi connectivity index (χ0v) is 12.0. The molecule has 0 fully saturated rings. The van der Waals surface area contributed by atoms with Gasteiger partial charge in [-0.15, -0.1) is 0 Å². The Labute approximate surface area is 118 Å². The highest BCUT2D eigenvalue weighted by Gasteiger charge is 2.17. The Morgan fingerprint density at radius 1 is 1.00 bits per heavy atom. The van der Waals surface area contributed by atoms with E-state index in [1.807, 2.05) is 31.2 Å². The highest BCUT2D eigenvalue weighted by Crippen LogP contribution is 2.24. The zero-order chi connectivity index (χ0) is 14.7. The molecule has 2 rings (SSSR count). The lowest BCUT2D eigenvalue weighted by Gasteiger charge is -2.19. The SMILES string of the molecule is CNC(Cc1ccccc1C)c1cc(F)c(C)cc1F. The average molecular weight is 275 g/mol. The molecule has 3 heteroatoms. The second-order valence-corrected chi connectivity index (χ2v) is 5.09. The molecule has 0 heterocycles. The topological polar surface area (TPSA) is 12.0 Å². The molecule has 0 spiro atoms. The third kappa shape index (κ3) is 3.05. The Morgan fingerprint density at radius 2 is 1.70 bits per heavy atom. The summed E-state index contributed by atoms with van der Waals surface area (Å²) >= 11 is 0. The first-order valence-electron chi connectivity index (χ1n) is 6.70. The van der Waals surface area contributed by atoms with E-state index in [0.717, 1.165) is 11.1 Å². The predicted octanol–water partition coefficient (Wildman–Crippen LogP) is 4.08. The third-order valence-electron chi connectivity index (χ3n) is 3.69. The normalized spacial score (nSPS) is 12.4. The van der Waals surface area contributed by atoms with Gasteiger partial charge in [0.15, 0.2) is 0 Å². The van der Waals surface area contributed by atoms with Gasteiger partial charge in [-0.25, -0.2) is 8.78 Å². The highest BCUT2D eigenvalue weighted by atomic mass is 19.1. The van der Waals surface area contributed by atoms with Crippen molar-refractivity contribution in [2.45, 2.75) is 26.3 Å². The van der Waals surface area contributed by atoms with Gasteiger partial charge in [-0.1, -0.05) is 24.3 Å². The second-order valence-electron chi connectivity index (χ2n) is 5.09. The van der Waals surface area contributed by atoms with Crippen LogP contribution in [0, 0.1) is 25.5 Å². The van der Waals surface area contributed by atoms with Crippen molar-refractivity contribution in [3.8, 4) is 0 Å². The fraction of sp³-hybridized carbons (Fsp3) is 0.294. The van der Waals surface area contributed by atoms with E-state index in [2.05, 4.69) is 5.32 Å². The van der Waals surface area contributed by atoms with E-state index in [4.69, 9.17) is 0 Å². The molecule has 1 nitrogen and oxygen atoms in total. The van der Waals surface area contributed by atoms with Crippen LogP contribution in [0.4, 0.5) is 8.78 Å². The third-order valence-corrected chi connectivity index (χ3v) is 3.69. The van der Waals surface area contributed by atoms with Crippen LogP contribution >= 0.6 is 0 Å². The molecule has 0 aliphatic heterocycles. The first kappa shape index (κ1) is 14.7. The highest BCUT2D eigenvalue weighted by molar-refractivity contribution is 5.32. The summed E-state index contributed by atoms with van der Waals surface area (Å²) < 4.78 is 27.7. The number of halogens is 2. The molecule has 0 amide bonds. The lowest BCUT2D eigenvalue weighted by atomic mass is 9.95. The first-order chi connectivity index (χ1) is 9.52. The average Bonchev–Trinajstić information content (AvgIpc) is 2.42. The maximum Gasteiger partial charge on any atom is 0.128 e. The van der Waals surface area contributed by atoms with Gasteiger partial charge < -0.3 is 5.32 Å². The van der Waals surface area contributed by atoms with E-state index < -0.39 is 0 Å². The molecule has 0 bridgehead atoms. The fourth-order valence-electron chi connectivity index (χ4n) is 2.36. The summed E-state index contributed by atoms with van der Waals surface area (Å²) in [4.78, 5) is 0. The molecule has 0 aliphatic carbocycles. The van der Waals surface area contributed by atoms with Crippen molar-refractivity contribution in [3.05, 3.63) is 70.3 Å². The van der Waals surface area contributed by atoms with Crippen LogP contribution < -0.4 is 5.32 Å². The Balaban J connectivity index is 2.34. The van der Waals surface area contributed by atoms with Gasteiger partial charge in [0.05, 0.1) is 0 Å². The summed E-state index contributed by atoms with van der Waals surface area (Å²) in [7, 11) is 1.76. The molecule has 0 saturated carbocycles. The van der Waals surface area contributed by atoms with Crippen molar-refractivity contribution in [2.75, 3.05) is 7.05 Å². The fourth-order valence-corrected chi connectivity index (χ4v) is 2.36. The number of rotatable bonds is 4. The van der Waals surface area contributed by atoms with Crippen molar-refractivity contribution in [3.63, 3.8) is 0 Å². The predicted molar refractivity (Wildman–Crippen MR) is 77.8 cm³/mol. The zero-order valence-electron chi connectivity index (χ0n) is 12.0. The van der Waals surface area contributed by atoms with Crippen LogP contribution in [0.5, 0.6) is 0 Å². The van der Waals surface area contributed by atoms with Gasteiger partial charge >= 0.3 is 0 Å². The number of hydrogen-bond acceptors (Lipinski definition) is 1. The summed E-state index contributed by atoms with van der Waals surface area (Å²) in [5, 5.41) is 3.07. The Kier molecular flexibility index (Phi) is 4.50. The van der Waals surface area contributed by atoms with Crippen LogP contribution in [-0.2, 0) is 6.42 Å². The summed E-state index contributed by atoms with van der Waals surface area (Å²) in [6.07, 6.45) is 0.628. The van der Waals surface area contributed by atoms with E-state index in [1.165, 1.54) is 12.1 Å². The minimum absolute atomic E-state index is 0.244. The minimum atomic E-state index is -0.369. The second kappa shape index (κ2) is 6.14. The molecular formula is C17H19F2N. The van der Waals surface area contributed by atoms with E-state index in [-0.39, 0.29) is 17.7 Å². The lowest BCUT2D eigenvalue weighted by molar-refractivity contribution is 0.520. The summed E-state index contributed by atoms with van der Waals surface area (Å²) in [5.41, 5.74) is 2.99. The van der Waals surface area contributed by atoms with Crippen LogP contribution in [0.25, 0.3) is 0 Å². The number of nitrogens with one attached hydrogen (secondary N) is 1. The summed E-state index contributed by atoms with van der Waals surface area (Å²) in [5.74, 6) is -0.733. The number of likely N-dealkylation sites (N-methyl/N-ethyl adjacent to an activating group) is 1. The van der Waals surface area contributed by atoms with Crippen molar-refractivity contribution >= 4 is 0 Å². The summed E-state index contributed by atoms with van der Waals surface area (Å²) in [6.45, 7) is 3.59. The monoisotopic (exact) mass is 275 g/mol. The van der Waals surface area contributed by atoms with Gasteiger partial charge in [-0.3, -0.25) is 0 Å². The lowest BCUT2D eigenvalue weighted by Crippen LogP contribution is -2.21. The van der Waals surface area contributed by atoms with Crippen LogP contribution in [0.1, 0.15) is 28.3 Å². The largest absolute Gasteiger partial charge is 0.313 e. The van der Waals surface area contributed by atoms with E-state index >= 15 is 0 Å². The molecule has 1 atom stereocenters. The molecule has 20 heavy (non-hydrogen) atoms. The maximum absolute atomic E-state index is 14.1. The molecule has 0 aromatic heterocycles. The van der Waals surface area contributed by atoms with E-state index in [1.54, 1.807) is 14.0 Å². The van der Waals surface area contributed by atoms with Crippen molar-refractivity contribution < 1.29 is 8.78 Å². The Morgan fingerprint density at radius 3 is 2.35 bits per heavy atom. The van der Waals surface area contributed by atoms with Gasteiger partial charge in [0, 0.05) is 11.6 Å². The molecule has 2 aromatic carbocycles. The van der Waals surface area contributed by atoms with Crippen LogP contribution in [0.15, 0.2) is 36.4 Å². The van der Waals surface area contributed by atoms with Gasteiger partial charge in [0.1, 0.15) is 11.6 Å². The van der Waals surface area contributed by atoms with Crippen LogP contribution in [0.3, 0.4) is 0 Å². The molecule has 0 saturated heterocycles. The number of hydrogen-bond donors (Lipinski definition) is 1. The molecule has 1 unspecified atom stereocenters. The number of benzene rings is 2. The van der Waals surface area contributed by atoms with Crippen molar-refractivity contribution in [2.24, 2.45) is 0 Å². The van der Waals surface area contributed by atoms with Gasteiger partial charge in [0.25, 0.3) is 0 Å². The minimum Gasteiger partial charge on any atom is -0.313 e. The molecule has 2 aromatic rings. The quantitative estimate of drug-likeness (QED) is 0.886. The standard InChI is InChI=1S/C17H19F2N/c1-11-6-4-5-7-13(11)9-17(20-3)14-10-15(18)12(2)8-16(14)19/h4-8,10,17,20H,9H2,1-3H3. The van der Waals surface area contributed by atoms with Crippen LogP contribution in [-0.4, -0.2) is 7.05 Å². The van der Waals surface area contributed by atoms with Gasteiger partial charge in [0.2, 0.25) is 0 Å². The number of aryl methyl sites for hydroxylation is 2. The van der Waals surface area contributed by atoms with E-state index in [9.17, 15) is 8.78 Å². The molecule has 0 aliphatic rings. The van der Waals surface area contributed by atoms with Gasteiger partial charge in [-0.05, 0) is 56.1 Å². The van der Waals surface area contributed by atoms with Gasteiger partial charge in [-0.2, -0.15) is 0 Å². The van der Waals surface area contributed by atoms with Crippen molar-refractivity contribution in [1.29, 1.82) is 0 Å². The van der Waals surface area contributed by atoms with Crippen molar-refractivity contribution in [1.82, 2.24) is 5.32 Å². The molecule has 0 radical (unpaired) electrons. The smallest absolute Gasteiger partial charge is 0.128 e. The molecule has 106 valence electrons. The molecule has 1 N–H and O–H groups in total. The Hall–Kier alpha value is -1.74. The first-order valence-corrected chi connectivity index (χ1v) is 6.70. The maximum atomic E-state index is 14.1. The van der Waals surface area contributed by atoms with Crippen LogP contribution in [0.2, 0.25) is 0 Å². The Bertz CT molecular complexity index is 608.